The molecule has 0 unspecified atom stereocenters. The molecule has 1 fully saturated rings. The van der Waals surface area contributed by atoms with Gasteiger partial charge in [-0.05, 0) is 24.6 Å². The highest BCUT2D eigenvalue weighted by Gasteiger charge is 2.41. The molecule has 0 spiro atoms. The maximum absolute atomic E-state index is 13.4. The molecule has 2 atom stereocenters. The number of carbonyl (C=O) groups excluding carboxylic acids is 1. The largest absolute Gasteiger partial charge is 0.333 e. The first kappa shape index (κ1) is 21.8. The number of hydrogen-bond acceptors (Lipinski definition) is 6. The molecule has 9 nitrogen and oxygen atoms in total. The molecule has 31 heavy (non-hydrogen) atoms. The van der Waals surface area contributed by atoms with E-state index in [1.165, 1.54) is 30.5 Å². The van der Waals surface area contributed by atoms with Crippen molar-refractivity contribution >= 4 is 44.7 Å². The SMILES string of the molecule is CN1[C@@H](C(=O)Nc2ccc(F)c(Cl)c2)C[C@@H](c2ncc(-c3cncn3C)s2)NS1(=O)=O. The molecule has 2 aromatic heterocycles. The summed E-state index contributed by atoms with van der Waals surface area (Å²) in [6.07, 6.45) is 5.17. The lowest BCUT2D eigenvalue weighted by Gasteiger charge is -2.35. The fraction of sp³-hybridized carbons (Fsp3) is 0.278. The molecule has 1 amide bonds. The van der Waals surface area contributed by atoms with Crippen LogP contribution in [-0.2, 0) is 22.1 Å². The number of thiazole rings is 1. The topological polar surface area (TPSA) is 109 Å². The lowest BCUT2D eigenvalue weighted by molar-refractivity contribution is -0.120. The average molecular weight is 485 g/mol. The number of likely N-dealkylation sites (N-methyl/N-ethyl adjacent to an activating group) is 1. The minimum absolute atomic E-state index is 0.146. The number of halogens is 2. The molecule has 3 heterocycles. The number of amides is 1. The van der Waals surface area contributed by atoms with Gasteiger partial charge in [0.05, 0.1) is 34.2 Å². The predicted molar refractivity (Wildman–Crippen MR) is 115 cm³/mol. The van der Waals surface area contributed by atoms with Crippen molar-refractivity contribution in [3.63, 3.8) is 0 Å². The Morgan fingerprint density at radius 2 is 2.13 bits per heavy atom. The Hall–Kier alpha value is -2.38. The van der Waals surface area contributed by atoms with Crippen LogP contribution < -0.4 is 10.0 Å². The zero-order chi connectivity index (χ0) is 22.3. The normalized spacial score (nSPS) is 21.2. The van der Waals surface area contributed by atoms with Crippen molar-refractivity contribution in [2.24, 2.45) is 7.05 Å². The van der Waals surface area contributed by atoms with Crippen LogP contribution in [0.1, 0.15) is 17.5 Å². The molecule has 2 N–H and O–H groups in total. The first-order valence-corrected chi connectivity index (χ1v) is 11.7. The van der Waals surface area contributed by atoms with E-state index in [0.717, 1.165) is 20.9 Å². The second kappa shape index (κ2) is 8.28. The molecule has 4 rings (SSSR count). The predicted octanol–water partition coefficient (Wildman–Crippen LogP) is 2.55. The van der Waals surface area contributed by atoms with Crippen LogP contribution in [0.25, 0.3) is 10.6 Å². The van der Waals surface area contributed by atoms with Gasteiger partial charge in [0, 0.05) is 26.0 Å². The number of aromatic nitrogens is 3. The third-order valence-electron chi connectivity index (χ3n) is 4.95. The molecule has 1 saturated heterocycles. The van der Waals surface area contributed by atoms with E-state index in [0.29, 0.717) is 5.01 Å². The fourth-order valence-electron chi connectivity index (χ4n) is 3.23. The number of hydrogen-bond donors (Lipinski definition) is 2. The van der Waals surface area contributed by atoms with E-state index < -0.39 is 34.0 Å². The summed E-state index contributed by atoms with van der Waals surface area (Å²) in [5.74, 6) is -1.17. The van der Waals surface area contributed by atoms with Gasteiger partial charge in [0.2, 0.25) is 5.91 Å². The smallest absolute Gasteiger partial charge is 0.280 e. The summed E-state index contributed by atoms with van der Waals surface area (Å²) in [4.78, 5) is 22.1. The maximum atomic E-state index is 13.4. The summed E-state index contributed by atoms with van der Waals surface area (Å²) in [5, 5.41) is 2.99. The Balaban J connectivity index is 1.58. The van der Waals surface area contributed by atoms with Gasteiger partial charge >= 0.3 is 0 Å². The van der Waals surface area contributed by atoms with Crippen LogP contribution in [0.15, 0.2) is 36.9 Å². The third kappa shape index (κ3) is 4.34. The average Bonchev–Trinajstić information content (AvgIpc) is 3.35. The van der Waals surface area contributed by atoms with Crippen molar-refractivity contribution in [3.05, 3.63) is 52.8 Å². The van der Waals surface area contributed by atoms with Crippen molar-refractivity contribution in [2.75, 3.05) is 12.4 Å². The van der Waals surface area contributed by atoms with Gasteiger partial charge in [-0.2, -0.15) is 17.4 Å². The maximum Gasteiger partial charge on any atom is 0.280 e. The highest BCUT2D eigenvalue weighted by molar-refractivity contribution is 7.87. The first-order valence-electron chi connectivity index (χ1n) is 9.09. The Labute approximate surface area is 187 Å². The summed E-state index contributed by atoms with van der Waals surface area (Å²) < 4.78 is 44.0. The monoisotopic (exact) mass is 484 g/mol. The second-order valence-electron chi connectivity index (χ2n) is 7.01. The number of aryl methyl sites for hydroxylation is 1. The molecule has 0 aliphatic carbocycles. The van der Waals surface area contributed by atoms with Crippen molar-refractivity contribution in [1.29, 1.82) is 0 Å². The summed E-state index contributed by atoms with van der Waals surface area (Å²) in [6, 6.07) is 2.07. The van der Waals surface area contributed by atoms with E-state index >= 15 is 0 Å². The van der Waals surface area contributed by atoms with Crippen LogP contribution >= 0.6 is 22.9 Å². The Morgan fingerprint density at radius 1 is 1.35 bits per heavy atom. The van der Waals surface area contributed by atoms with Crippen LogP contribution in [0.4, 0.5) is 10.1 Å². The minimum atomic E-state index is -3.93. The number of carbonyl (C=O) groups is 1. The van der Waals surface area contributed by atoms with Gasteiger partial charge in [-0.25, -0.2) is 14.4 Å². The van der Waals surface area contributed by atoms with Crippen LogP contribution in [0.3, 0.4) is 0 Å². The number of rotatable bonds is 4. The third-order valence-corrected chi connectivity index (χ3v) is 7.97. The Bertz CT molecular complexity index is 1240. The number of benzene rings is 1. The molecule has 1 aromatic carbocycles. The zero-order valence-corrected chi connectivity index (χ0v) is 18.8. The van der Waals surface area contributed by atoms with Crippen LogP contribution in [-0.4, -0.2) is 46.3 Å². The van der Waals surface area contributed by atoms with Gasteiger partial charge in [-0.3, -0.25) is 4.79 Å². The molecule has 0 radical (unpaired) electrons. The highest BCUT2D eigenvalue weighted by atomic mass is 35.5. The van der Waals surface area contributed by atoms with Gasteiger partial charge in [0.15, 0.2) is 0 Å². The standard InChI is InChI=1S/C18H18ClFN6O3S2/c1-25-9-21-7-15(25)16-8-22-18(30-16)13-6-14(26(2)31(28,29)24-13)17(27)23-10-3-4-12(20)11(19)5-10/h3-5,7-9,13-14,24H,6H2,1-2H3,(H,23,27)/t13-,14+/m0/s1. The molecule has 1 aliphatic rings. The van der Waals surface area contributed by atoms with Gasteiger partial charge in [-0.15, -0.1) is 11.3 Å². The molecule has 0 bridgehead atoms. The Kier molecular flexibility index (Phi) is 5.83. The summed E-state index contributed by atoms with van der Waals surface area (Å²) in [5.41, 5.74) is 1.12. The highest BCUT2D eigenvalue weighted by Crippen LogP contribution is 2.34. The van der Waals surface area contributed by atoms with Crippen LogP contribution in [0.5, 0.6) is 0 Å². The van der Waals surface area contributed by atoms with E-state index in [2.05, 4.69) is 20.0 Å². The van der Waals surface area contributed by atoms with E-state index in [9.17, 15) is 17.6 Å². The second-order valence-corrected chi connectivity index (χ2v) is 10.2. The van der Waals surface area contributed by atoms with Crippen molar-refractivity contribution in [1.82, 2.24) is 23.6 Å². The summed E-state index contributed by atoms with van der Waals surface area (Å²) >= 11 is 7.09. The van der Waals surface area contributed by atoms with E-state index in [1.807, 2.05) is 11.6 Å². The van der Waals surface area contributed by atoms with Crippen LogP contribution in [0, 0.1) is 5.82 Å². The van der Waals surface area contributed by atoms with Crippen molar-refractivity contribution in [3.8, 4) is 10.6 Å². The molecule has 0 saturated carbocycles. The molecule has 13 heteroatoms. The molecule has 164 valence electrons. The molecular weight excluding hydrogens is 467 g/mol. The van der Waals surface area contributed by atoms with Gasteiger partial charge < -0.3 is 9.88 Å². The number of anilines is 1. The van der Waals surface area contributed by atoms with Crippen molar-refractivity contribution in [2.45, 2.75) is 18.5 Å². The fourth-order valence-corrected chi connectivity index (χ4v) is 5.78. The minimum Gasteiger partial charge on any atom is -0.333 e. The summed E-state index contributed by atoms with van der Waals surface area (Å²) in [6.45, 7) is 0. The lowest BCUT2D eigenvalue weighted by atomic mass is 10.1. The van der Waals surface area contributed by atoms with Crippen LogP contribution in [0.2, 0.25) is 5.02 Å². The number of nitrogens with zero attached hydrogens (tertiary/aromatic N) is 4. The molecule has 3 aromatic rings. The molecular formula is C18H18ClFN6O3S2. The lowest BCUT2D eigenvalue weighted by Crippen LogP contribution is -2.55. The molecule has 1 aliphatic heterocycles. The van der Waals surface area contributed by atoms with E-state index in [4.69, 9.17) is 11.6 Å². The van der Waals surface area contributed by atoms with E-state index in [-0.39, 0.29) is 17.1 Å². The van der Waals surface area contributed by atoms with Crippen molar-refractivity contribution < 1.29 is 17.6 Å². The number of imidazole rings is 1. The van der Waals surface area contributed by atoms with E-state index in [1.54, 1.807) is 18.7 Å². The number of nitrogens with one attached hydrogen (secondary N) is 2. The first-order chi connectivity index (χ1) is 14.7. The zero-order valence-electron chi connectivity index (χ0n) is 16.4. The quantitative estimate of drug-likeness (QED) is 0.591. The van der Waals surface area contributed by atoms with Gasteiger partial charge in [0.1, 0.15) is 16.9 Å². The summed E-state index contributed by atoms with van der Waals surface area (Å²) in [7, 11) is -0.755. The Morgan fingerprint density at radius 3 is 2.81 bits per heavy atom. The van der Waals surface area contributed by atoms with Gasteiger partial charge in [-0.1, -0.05) is 11.6 Å². The van der Waals surface area contributed by atoms with Gasteiger partial charge in [0.25, 0.3) is 10.2 Å².